The highest BCUT2D eigenvalue weighted by Gasteiger charge is 2.24. The van der Waals surface area contributed by atoms with Gasteiger partial charge >= 0.3 is 0 Å². The lowest BCUT2D eigenvalue weighted by Crippen LogP contribution is -2.41. The van der Waals surface area contributed by atoms with E-state index in [0.717, 1.165) is 37.4 Å². The van der Waals surface area contributed by atoms with Gasteiger partial charge in [0.25, 0.3) is 0 Å². The smallest absolute Gasteiger partial charge is 0.238 e. The summed E-state index contributed by atoms with van der Waals surface area (Å²) in [5.41, 5.74) is 0.900. The summed E-state index contributed by atoms with van der Waals surface area (Å²) < 4.78 is 11.1. The van der Waals surface area contributed by atoms with Crippen molar-refractivity contribution in [2.45, 2.75) is 18.8 Å². The van der Waals surface area contributed by atoms with Crippen LogP contribution in [-0.4, -0.2) is 66.5 Å². The third-order valence-electron chi connectivity index (χ3n) is 4.68. The third kappa shape index (κ3) is 5.17. The Labute approximate surface area is 159 Å². The largest absolute Gasteiger partial charge is 0.497 e. The van der Waals surface area contributed by atoms with Gasteiger partial charge in [0, 0.05) is 38.8 Å². The fraction of sp³-hybridized carbons (Fsp3) is 0.450. The lowest BCUT2D eigenvalue weighted by molar-refractivity contribution is -0.130. The molecule has 1 saturated heterocycles. The molecular weight excluding hydrogens is 344 g/mol. The molecule has 0 spiro atoms. The molecule has 144 valence electrons. The average Bonchev–Trinajstić information content (AvgIpc) is 2.68. The zero-order valence-corrected chi connectivity index (χ0v) is 16.1. The van der Waals surface area contributed by atoms with Crippen molar-refractivity contribution in [3.8, 4) is 17.4 Å². The fourth-order valence-electron chi connectivity index (χ4n) is 3.17. The number of amides is 1. The molecule has 7 heteroatoms. The van der Waals surface area contributed by atoms with Crippen LogP contribution < -0.4 is 9.47 Å². The van der Waals surface area contributed by atoms with E-state index >= 15 is 0 Å². The Kier molecular flexibility index (Phi) is 6.24. The summed E-state index contributed by atoms with van der Waals surface area (Å²) in [4.78, 5) is 24.8. The fourth-order valence-corrected chi connectivity index (χ4v) is 3.17. The number of hydrogen-bond acceptors (Lipinski definition) is 6. The van der Waals surface area contributed by atoms with Gasteiger partial charge in [0.2, 0.25) is 11.8 Å². The molecule has 0 radical (unpaired) electrons. The molecule has 2 aromatic rings. The summed E-state index contributed by atoms with van der Waals surface area (Å²) in [6.45, 7) is 2.18. The molecule has 0 aliphatic carbocycles. The maximum atomic E-state index is 12.0. The molecule has 0 saturated carbocycles. The first-order chi connectivity index (χ1) is 13.0. The first-order valence-electron chi connectivity index (χ1n) is 9.11. The number of piperidine rings is 1. The van der Waals surface area contributed by atoms with Crippen LogP contribution in [0.15, 0.2) is 36.7 Å². The number of likely N-dealkylation sites (N-methyl/N-ethyl adjacent to an activating group) is 1. The van der Waals surface area contributed by atoms with Crippen LogP contribution in [0.2, 0.25) is 0 Å². The number of aromatic nitrogens is 2. The Morgan fingerprint density at radius 3 is 2.89 bits per heavy atom. The lowest BCUT2D eigenvalue weighted by atomic mass is 9.95. The van der Waals surface area contributed by atoms with Gasteiger partial charge in [-0.2, -0.15) is 0 Å². The van der Waals surface area contributed by atoms with Crippen LogP contribution in [-0.2, 0) is 4.79 Å². The minimum Gasteiger partial charge on any atom is -0.497 e. The molecule has 1 amide bonds. The molecule has 1 aromatic heterocycles. The van der Waals surface area contributed by atoms with Gasteiger partial charge in [-0.05, 0) is 31.5 Å². The second-order valence-electron chi connectivity index (χ2n) is 6.93. The van der Waals surface area contributed by atoms with Crippen LogP contribution in [0.3, 0.4) is 0 Å². The second-order valence-corrected chi connectivity index (χ2v) is 6.93. The van der Waals surface area contributed by atoms with Gasteiger partial charge in [-0.3, -0.25) is 14.7 Å². The summed E-state index contributed by atoms with van der Waals surface area (Å²) in [5.74, 6) is 2.21. The van der Waals surface area contributed by atoms with Gasteiger partial charge in [-0.1, -0.05) is 6.07 Å². The van der Waals surface area contributed by atoms with Crippen molar-refractivity contribution in [1.29, 1.82) is 0 Å². The molecule has 2 heterocycles. The van der Waals surface area contributed by atoms with E-state index in [0.29, 0.717) is 18.2 Å². The lowest BCUT2D eigenvalue weighted by Gasteiger charge is -2.32. The van der Waals surface area contributed by atoms with E-state index in [1.807, 2.05) is 24.3 Å². The highest BCUT2D eigenvalue weighted by atomic mass is 16.5. The number of carbonyl (C=O) groups is 1. The number of hydrogen-bond donors (Lipinski definition) is 0. The number of methoxy groups -OCH3 is 1. The summed E-state index contributed by atoms with van der Waals surface area (Å²) in [7, 11) is 5.19. The maximum Gasteiger partial charge on any atom is 0.238 e. The van der Waals surface area contributed by atoms with E-state index < -0.39 is 0 Å². The zero-order valence-electron chi connectivity index (χ0n) is 16.1. The van der Waals surface area contributed by atoms with Crippen molar-refractivity contribution in [3.05, 3.63) is 42.4 Å². The van der Waals surface area contributed by atoms with Gasteiger partial charge in [-0.25, -0.2) is 4.98 Å². The van der Waals surface area contributed by atoms with Crippen LogP contribution >= 0.6 is 0 Å². The van der Waals surface area contributed by atoms with Gasteiger partial charge < -0.3 is 14.4 Å². The topological polar surface area (TPSA) is 67.8 Å². The summed E-state index contributed by atoms with van der Waals surface area (Å²) >= 11 is 0. The van der Waals surface area contributed by atoms with Gasteiger partial charge in [0.15, 0.2) is 0 Å². The van der Waals surface area contributed by atoms with E-state index in [4.69, 9.17) is 9.47 Å². The van der Waals surface area contributed by atoms with Gasteiger partial charge in [0.05, 0.1) is 25.5 Å². The normalized spacial score (nSPS) is 17.4. The van der Waals surface area contributed by atoms with E-state index in [1.54, 1.807) is 38.5 Å². The Morgan fingerprint density at radius 2 is 2.11 bits per heavy atom. The first-order valence-corrected chi connectivity index (χ1v) is 9.11. The second kappa shape index (κ2) is 8.81. The molecule has 0 bridgehead atoms. The van der Waals surface area contributed by atoms with E-state index in [2.05, 4.69) is 14.9 Å². The Balaban J connectivity index is 1.68. The molecule has 1 atom stereocenters. The molecule has 27 heavy (non-hydrogen) atoms. The van der Waals surface area contributed by atoms with Crippen molar-refractivity contribution in [3.63, 3.8) is 0 Å². The summed E-state index contributed by atoms with van der Waals surface area (Å²) in [5, 5.41) is 0. The van der Waals surface area contributed by atoms with Crippen molar-refractivity contribution < 1.29 is 14.3 Å². The van der Waals surface area contributed by atoms with Crippen molar-refractivity contribution in [2.24, 2.45) is 0 Å². The number of carbonyl (C=O) groups excluding carboxylic acids is 1. The number of ether oxygens (including phenoxy) is 2. The minimum absolute atomic E-state index is 0.122. The van der Waals surface area contributed by atoms with Crippen molar-refractivity contribution in [1.82, 2.24) is 19.8 Å². The standard InChI is InChI=1S/C20H26N4O3/c1-23(2)20(25)14-24-9-5-6-15(13-24)18-11-21-12-19(22-18)27-17-8-4-7-16(10-17)26-3/h4,7-8,10-12,15H,5-6,9,13-14H2,1-3H3/t15-/m1/s1. The van der Waals surface area contributed by atoms with E-state index in [9.17, 15) is 4.79 Å². The molecule has 1 fully saturated rings. The van der Waals surface area contributed by atoms with Gasteiger partial charge in [0.1, 0.15) is 11.5 Å². The number of nitrogens with zero attached hydrogens (tertiary/aromatic N) is 4. The molecule has 1 aliphatic rings. The molecule has 1 aliphatic heterocycles. The molecule has 0 N–H and O–H groups in total. The Bertz CT molecular complexity index is 781. The number of likely N-dealkylation sites (tertiary alicyclic amines) is 1. The average molecular weight is 370 g/mol. The van der Waals surface area contributed by atoms with Crippen LogP contribution in [0, 0.1) is 0 Å². The van der Waals surface area contributed by atoms with Gasteiger partial charge in [-0.15, -0.1) is 0 Å². The Morgan fingerprint density at radius 1 is 1.30 bits per heavy atom. The van der Waals surface area contributed by atoms with Crippen molar-refractivity contribution >= 4 is 5.91 Å². The Hall–Kier alpha value is -2.67. The zero-order chi connectivity index (χ0) is 19.2. The minimum atomic E-state index is 0.122. The van der Waals surface area contributed by atoms with E-state index in [-0.39, 0.29) is 11.8 Å². The number of benzene rings is 1. The predicted molar refractivity (Wildman–Crippen MR) is 102 cm³/mol. The first kappa shape index (κ1) is 19.1. The van der Waals surface area contributed by atoms with Crippen LogP contribution in [0.25, 0.3) is 0 Å². The molecule has 1 aromatic carbocycles. The highest BCUT2D eigenvalue weighted by molar-refractivity contribution is 5.77. The predicted octanol–water partition coefficient (Wildman–Crippen LogP) is 2.55. The summed E-state index contributed by atoms with van der Waals surface area (Å²) in [6.07, 6.45) is 5.47. The monoisotopic (exact) mass is 370 g/mol. The van der Waals surface area contributed by atoms with Crippen LogP contribution in [0.5, 0.6) is 17.4 Å². The molecular formula is C20H26N4O3. The maximum absolute atomic E-state index is 12.0. The highest BCUT2D eigenvalue weighted by Crippen LogP contribution is 2.28. The van der Waals surface area contributed by atoms with E-state index in [1.165, 1.54) is 0 Å². The molecule has 7 nitrogen and oxygen atoms in total. The van der Waals surface area contributed by atoms with Crippen LogP contribution in [0.4, 0.5) is 0 Å². The quantitative estimate of drug-likeness (QED) is 0.778. The SMILES string of the molecule is COc1cccc(Oc2cncc([C@@H]3CCCN(CC(=O)N(C)C)C3)n2)c1. The molecule has 0 unspecified atom stereocenters. The third-order valence-corrected chi connectivity index (χ3v) is 4.68. The van der Waals surface area contributed by atoms with Crippen LogP contribution in [0.1, 0.15) is 24.5 Å². The molecule has 3 rings (SSSR count). The summed E-state index contributed by atoms with van der Waals surface area (Å²) in [6, 6.07) is 7.39. The number of rotatable bonds is 6. The van der Waals surface area contributed by atoms with Crippen molar-refractivity contribution in [2.75, 3.05) is 40.8 Å².